The third kappa shape index (κ3) is 4.08. The minimum Gasteiger partial charge on any atom is -0.369 e. The minimum atomic E-state index is 0.0566. The quantitative estimate of drug-likeness (QED) is 0.713. The van der Waals surface area contributed by atoms with Crippen molar-refractivity contribution in [1.29, 1.82) is 0 Å². The highest BCUT2D eigenvalue weighted by molar-refractivity contribution is 14.1. The van der Waals surface area contributed by atoms with Gasteiger partial charge in [-0.05, 0) is 54.2 Å². The van der Waals surface area contributed by atoms with Gasteiger partial charge in [-0.2, -0.15) is 0 Å². The molecule has 0 aliphatic heterocycles. The van der Waals surface area contributed by atoms with E-state index >= 15 is 0 Å². The van der Waals surface area contributed by atoms with Crippen LogP contribution in [0.25, 0.3) is 0 Å². The van der Waals surface area contributed by atoms with Gasteiger partial charge in [-0.3, -0.25) is 0 Å². The first-order chi connectivity index (χ1) is 9.82. The molecule has 1 N–H and O–H groups in total. The molecule has 0 spiro atoms. The number of aromatic nitrogens is 2. The van der Waals surface area contributed by atoms with Gasteiger partial charge in [0.15, 0.2) is 0 Å². The van der Waals surface area contributed by atoms with E-state index in [0.29, 0.717) is 5.92 Å². The lowest BCUT2D eigenvalue weighted by atomic mass is 9.91. The summed E-state index contributed by atoms with van der Waals surface area (Å²) in [4.78, 5) is 9.84. The minimum absolute atomic E-state index is 0.0566. The number of nitrogens with zero attached hydrogens (tertiary/aromatic N) is 2. The second-order valence-corrected chi connectivity index (χ2v) is 8.46. The molecule has 2 rings (SSSR count). The van der Waals surface area contributed by atoms with Crippen molar-refractivity contribution in [3.8, 4) is 0 Å². The van der Waals surface area contributed by atoms with Crippen molar-refractivity contribution in [2.75, 3.05) is 11.9 Å². The van der Waals surface area contributed by atoms with Crippen molar-refractivity contribution in [1.82, 2.24) is 9.97 Å². The van der Waals surface area contributed by atoms with Crippen molar-refractivity contribution < 1.29 is 0 Å². The number of nitrogens with one attached hydrogen (secondary N) is 1. The maximum absolute atomic E-state index is 4.97. The van der Waals surface area contributed by atoms with Gasteiger partial charge in [0, 0.05) is 17.9 Å². The summed E-state index contributed by atoms with van der Waals surface area (Å²) in [7, 11) is 0. The van der Waals surface area contributed by atoms with Crippen LogP contribution in [0.1, 0.15) is 77.7 Å². The highest BCUT2D eigenvalue weighted by Gasteiger charge is 2.29. The summed E-state index contributed by atoms with van der Waals surface area (Å²) < 4.78 is 1.18. The Morgan fingerprint density at radius 2 is 1.95 bits per heavy atom. The van der Waals surface area contributed by atoms with Gasteiger partial charge in [-0.15, -0.1) is 0 Å². The fourth-order valence-electron chi connectivity index (χ4n) is 2.95. The number of halogens is 1. The Morgan fingerprint density at radius 1 is 1.24 bits per heavy atom. The molecule has 0 bridgehead atoms. The van der Waals surface area contributed by atoms with E-state index in [1.807, 2.05) is 0 Å². The molecule has 1 aliphatic carbocycles. The molecule has 4 heteroatoms. The smallest absolute Gasteiger partial charge is 0.143 e. The molecule has 1 aromatic rings. The van der Waals surface area contributed by atoms with E-state index < -0.39 is 0 Å². The third-order valence-corrected chi connectivity index (χ3v) is 5.20. The molecule has 21 heavy (non-hydrogen) atoms. The summed E-state index contributed by atoms with van der Waals surface area (Å²) >= 11 is 2.40. The Morgan fingerprint density at radius 3 is 2.48 bits per heavy atom. The maximum atomic E-state index is 4.97. The van der Waals surface area contributed by atoms with Gasteiger partial charge in [-0.25, -0.2) is 9.97 Å². The summed E-state index contributed by atoms with van der Waals surface area (Å²) in [5, 5.41) is 3.49. The molecule has 0 aromatic carbocycles. The topological polar surface area (TPSA) is 37.8 Å². The van der Waals surface area contributed by atoms with Gasteiger partial charge in [0.05, 0.1) is 9.26 Å². The molecule has 1 fully saturated rings. The molecule has 0 saturated heterocycles. The predicted octanol–water partition coefficient (Wildman–Crippen LogP) is 5.10. The molecule has 0 amide bonds. The van der Waals surface area contributed by atoms with Crippen molar-refractivity contribution in [3.63, 3.8) is 0 Å². The number of rotatable bonds is 4. The average molecular weight is 401 g/mol. The lowest BCUT2D eigenvalue weighted by molar-refractivity contribution is 0.542. The first kappa shape index (κ1) is 17.0. The Balaban J connectivity index is 2.41. The molecule has 1 aromatic heterocycles. The van der Waals surface area contributed by atoms with Gasteiger partial charge in [0.25, 0.3) is 0 Å². The first-order valence-corrected chi connectivity index (χ1v) is 9.22. The van der Waals surface area contributed by atoms with Crippen LogP contribution in [0.5, 0.6) is 0 Å². The first-order valence-electron chi connectivity index (χ1n) is 8.14. The van der Waals surface area contributed by atoms with Gasteiger partial charge in [0.1, 0.15) is 11.6 Å². The Labute approximate surface area is 142 Å². The standard InChI is InChI=1S/C17H28IN3/c1-6-9-19-16-13(18)14(17(3,4)5)20-15(21-16)12-8-7-11(2)10-12/h11-12H,6-10H2,1-5H3,(H,19,20,21). The zero-order valence-corrected chi connectivity index (χ0v) is 16.1. The van der Waals surface area contributed by atoms with Gasteiger partial charge >= 0.3 is 0 Å². The Bertz CT molecular complexity index is 494. The molecule has 1 heterocycles. The van der Waals surface area contributed by atoms with Crippen LogP contribution >= 0.6 is 22.6 Å². The largest absolute Gasteiger partial charge is 0.369 e. The normalized spacial score (nSPS) is 22.6. The number of hydrogen-bond acceptors (Lipinski definition) is 3. The van der Waals surface area contributed by atoms with E-state index in [0.717, 1.165) is 30.5 Å². The van der Waals surface area contributed by atoms with Crippen LogP contribution in [0.4, 0.5) is 5.82 Å². The molecule has 1 aliphatic rings. The fraction of sp³-hybridized carbons (Fsp3) is 0.765. The summed E-state index contributed by atoms with van der Waals surface area (Å²) in [5.74, 6) is 3.44. The van der Waals surface area contributed by atoms with E-state index in [4.69, 9.17) is 9.97 Å². The number of anilines is 1. The van der Waals surface area contributed by atoms with Crippen LogP contribution in [0, 0.1) is 9.49 Å². The van der Waals surface area contributed by atoms with E-state index in [-0.39, 0.29) is 5.41 Å². The summed E-state index contributed by atoms with van der Waals surface area (Å²) in [6, 6.07) is 0. The van der Waals surface area contributed by atoms with Crippen molar-refractivity contribution in [2.24, 2.45) is 5.92 Å². The van der Waals surface area contributed by atoms with Crippen LogP contribution in [-0.4, -0.2) is 16.5 Å². The number of hydrogen-bond donors (Lipinski definition) is 1. The Kier molecular flexibility index (Phi) is 5.49. The van der Waals surface area contributed by atoms with Gasteiger partial charge < -0.3 is 5.32 Å². The van der Waals surface area contributed by atoms with Gasteiger partial charge in [-0.1, -0.05) is 34.6 Å². The SMILES string of the molecule is CCCNc1nc(C2CCC(C)C2)nc(C(C)(C)C)c1I. The predicted molar refractivity (Wildman–Crippen MR) is 98.0 cm³/mol. The molecule has 1 saturated carbocycles. The van der Waals surface area contributed by atoms with E-state index in [1.165, 1.54) is 28.5 Å². The van der Waals surface area contributed by atoms with Crippen molar-refractivity contribution in [2.45, 2.75) is 71.6 Å². The third-order valence-electron chi connectivity index (χ3n) is 4.18. The summed E-state index contributed by atoms with van der Waals surface area (Å²) in [5.41, 5.74) is 1.24. The second-order valence-electron chi connectivity index (χ2n) is 7.38. The fourth-order valence-corrected chi connectivity index (χ4v) is 4.19. The molecule has 3 nitrogen and oxygen atoms in total. The van der Waals surface area contributed by atoms with E-state index in [9.17, 15) is 0 Å². The van der Waals surface area contributed by atoms with Crippen LogP contribution in [0.15, 0.2) is 0 Å². The summed E-state index contributed by atoms with van der Waals surface area (Å²) in [6.07, 6.45) is 4.89. The lowest BCUT2D eigenvalue weighted by Crippen LogP contribution is -2.21. The van der Waals surface area contributed by atoms with Crippen LogP contribution in [0.3, 0.4) is 0 Å². The lowest BCUT2D eigenvalue weighted by Gasteiger charge is -2.23. The molecular weight excluding hydrogens is 373 g/mol. The van der Waals surface area contributed by atoms with Crippen LogP contribution in [0.2, 0.25) is 0 Å². The summed E-state index contributed by atoms with van der Waals surface area (Å²) in [6.45, 7) is 12.2. The molecular formula is C17H28IN3. The zero-order chi connectivity index (χ0) is 15.6. The zero-order valence-electron chi connectivity index (χ0n) is 14.0. The van der Waals surface area contributed by atoms with E-state index in [1.54, 1.807) is 0 Å². The highest BCUT2D eigenvalue weighted by atomic mass is 127. The van der Waals surface area contributed by atoms with Crippen molar-refractivity contribution in [3.05, 3.63) is 15.1 Å². The molecule has 2 unspecified atom stereocenters. The maximum Gasteiger partial charge on any atom is 0.143 e. The molecule has 2 atom stereocenters. The van der Waals surface area contributed by atoms with Crippen LogP contribution < -0.4 is 5.32 Å². The van der Waals surface area contributed by atoms with E-state index in [2.05, 4.69) is 62.5 Å². The Hall–Kier alpha value is -0.390. The molecule has 118 valence electrons. The molecule has 0 radical (unpaired) electrons. The monoisotopic (exact) mass is 401 g/mol. The highest BCUT2D eigenvalue weighted by Crippen LogP contribution is 2.38. The van der Waals surface area contributed by atoms with Crippen molar-refractivity contribution >= 4 is 28.4 Å². The van der Waals surface area contributed by atoms with Gasteiger partial charge in [0.2, 0.25) is 0 Å². The average Bonchev–Trinajstić information content (AvgIpc) is 2.83. The van der Waals surface area contributed by atoms with Crippen LogP contribution in [-0.2, 0) is 5.41 Å². The second kappa shape index (κ2) is 6.80.